The second kappa shape index (κ2) is 8.57. The van der Waals surface area contributed by atoms with E-state index in [0.717, 1.165) is 12.8 Å². The van der Waals surface area contributed by atoms with E-state index in [-0.39, 0.29) is 12.5 Å². The molecule has 18 heavy (non-hydrogen) atoms. The number of aromatic nitrogens is 1. The smallest absolute Gasteiger partial charge is 0.265 e. The summed E-state index contributed by atoms with van der Waals surface area (Å²) in [6, 6.07) is 3.92. The standard InChI is InChI=1S/C12H19N3O3/c1-17-9-11(12(16)15-13)18-8-2-3-10-4-6-14-7-5-10/h4-7,11H,2-3,8-9,13H2,1H3,(H,15,16). The molecule has 1 atom stereocenters. The van der Waals surface area contributed by atoms with Crippen molar-refractivity contribution in [3.63, 3.8) is 0 Å². The van der Waals surface area contributed by atoms with Gasteiger partial charge in [-0.05, 0) is 30.5 Å². The molecule has 0 bridgehead atoms. The molecule has 0 aliphatic carbocycles. The van der Waals surface area contributed by atoms with Gasteiger partial charge < -0.3 is 9.47 Å². The van der Waals surface area contributed by atoms with Gasteiger partial charge in [-0.25, -0.2) is 5.84 Å². The normalized spacial score (nSPS) is 12.1. The van der Waals surface area contributed by atoms with Gasteiger partial charge in [-0.3, -0.25) is 15.2 Å². The lowest BCUT2D eigenvalue weighted by atomic mass is 10.1. The van der Waals surface area contributed by atoms with E-state index in [1.54, 1.807) is 12.4 Å². The first-order chi connectivity index (χ1) is 8.77. The molecule has 0 saturated heterocycles. The highest BCUT2D eigenvalue weighted by Gasteiger charge is 2.17. The SMILES string of the molecule is COCC(OCCCc1ccncc1)C(=O)NN. The zero-order valence-corrected chi connectivity index (χ0v) is 10.5. The lowest BCUT2D eigenvalue weighted by Gasteiger charge is -2.15. The third-order valence-electron chi connectivity index (χ3n) is 2.43. The molecule has 0 aliphatic heterocycles. The van der Waals surface area contributed by atoms with Crippen LogP contribution in [0.3, 0.4) is 0 Å². The highest BCUT2D eigenvalue weighted by atomic mass is 16.5. The molecule has 0 saturated carbocycles. The Morgan fingerprint density at radius 2 is 2.22 bits per heavy atom. The number of hydrogen-bond acceptors (Lipinski definition) is 5. The Balaban J connectivity index is 2.24. The number of ether oxygens (including phenoxy) is 2. The van der Waals surface area contributed by atoms with Crippen molar-refractivity contribution in [2.75, 3.05) is 20.3 Å². The van der Waals surface area contributed by atoms with Gasteiger partial charge in [0.1, 0.15) is 0 Å². The number of methoxy groups -OCH3 is 1. The van der Waals surface area contributed by atoms with E-state index in [0.29, 0.717) is 6.61 Å². The highest BCUT2D eigenvalue weighted by Crippen LogP contribution is 2.02. The fourth-order valence-electron chi connectivity index (χ4n) is 1.50. The van der Waals surface area contributed by atoms with Crippen LogP contribution >= 0.6 is 0 Å². The van der Waals surface area contributed by atoms with Crippen molar-refractivity contribution in [1.82, 2.24) is 10.4 Å². The van der Waals surface area contributed by atoms with Gasteiger partial charge in [0.2, 0.25) is 0 Å². The highest BCUT2D eigenvalue weighted by molar-refractivity contribution is 5.80. The lowest BCUT2D eigenvalue weighted by Crippen LogP contribution is -2.43. The zero-order chi connectivity index (χ0) is 13.2. The van der Waals surface area contributed by atoms with Crippen LogP contribution in [-0.4, -0.2) is 37.3 Å². The van der Waals surface area contributed by atoms with Crippen molar-refractivity contribution in [2.24, 2.45) is 5.84 Å². The maximum absolute atomic E-state index is 11.3. The molecule has 100 valence electrons. The average Bonchev–Trinajstić information content (AvgIpc) is 2.42. The van der Waals surface area contributed by atoms with Gasteiger partial charge in [0.25, 0.3) is 5.91 Å². The minimum absolute atomic E-state index is 0.193. The zero-order valence-electron chi connectivity index (χ0n) is 10.5. The number of rotatable bonds is 8. The summed E-state index contributed by atoms with van der Waals surface area (Å²) in [5, 5.41) is 0. The maximum atomic E-state index is 11.3. The van der Waals surface area contributed by atoms with E-state index in [9.17, 15) is 4.79 Å². The Morgan fingerprint density at radius 3 is 2.83 bits per heavy atom. The van der Waals surface area contributed by atoms with E-state index in [4.69, 9.17) is 15.3 Å². The molecule has 0 spiro atoms. The molecule has 1 amide bonds. The Bertz CT molecular complexity index is 346. The van der Waals surface area contributed by atoms with Crippen molar-refractivity contribution < 1.29 is 14.3 Å². The average molecular weight is 253 g/mol. The number of nitrogens with two attached hydrogens (primary N) is 1. The van der Waals surface area contributed by atoms with Gasteiger partial charge >= 0.3 is 0 Å². The minimum Gasteiger partial charge on any atom is -0.381 e. The summed E-state index contributed by atoms with van der Waals surface area (Å²) < 4.78 is 10.3. The molecule has 0 aromatic carbocycles. The maximum Gasteiger partial charge on any atom is 0.265 e. The first-order valence-corrected chi connectivity index (χ1v) is 5.77. The van der Waals surface area contributed by atoms with Gasteiger partial charge in [0.15, 0.2) is 6.10 Å². The number of nitrogens with one attached hydrogen (secondary N) is 1. The molecule has 1 unspecified atom stereocenters. The Morgan fingerprint density at radius 1 is 1.50 bits per heavy atom. The van der Waals surface area contributed by atoms with Crippen LogP contribution in [0.2, 0.25) is 0 Å². The van der Waals surface area contributed by atoms with E-state index in [1.807, 2.05) is 12.1 Å². The molecule has 6 nitrogen and oxygen atoms in total. The molecule has 0 fully saturated rings. The number of carbonyl (C=O) groups excluding carboxylic acids is 1. The summed E-state index contributed by atoms with van der Waals surface area (Å²) in [7, 11) is 1.51. The number of hydrazine groups is 1. The minimum atomic E-state index is -0.655. The number of pyridine rings is 1. The predicted octanol–water partition coefficient (Wildman–Crippen LogP) is 0.0357. The third-order valence-corrected chi connectivity index (χ3v) is 2.43. The van der Waals surface area contributed by atoms with Gasteiger partial charge in [-0.2, -0.15) is 0 Å². The van der Waals surface area contributed by atoms with Crippen molar-refractivity contribution >= 4 is 5.91 Å². The van der Waals surface area contributed by atoms with E-state index in [2.05, 4.69) is 10.4 Å². The van der Waals surface area contributed by atoms with Gasteiger partial charge in [-0.15, -0.1) is 0 Å². The number of amides is 1. The molecule has 6 heteroatoms. The fourth-order valence-corrected chi connectivity index (χ4v) is 1.50. The summed E-state index contributed by atoms with van der Waals surface area (Å²) in [6.45, 7) is 0.669. The molecular formula is C12H19N3O3. The Hall–Kier alpha value is -1.50. The largest absolute Gasteiger partial charge is 0.381 e. The van der Waals surface area contributed by atoms with Gasteiger partial charge in [0.05, 0.1) is 6.61 Å². The van der Waals surface area contributed by atoms with E-state index < -0.39 is 6.10 Å². The molecule has 1 heterocycles. The molecule has 1 rings (SSSR count). The first-order valence-electron chi connectivity index (χ1n) is 5.77. The monoisotopic (exact) mass is 253 g/mol. The van der Waals surface area contributed by atoms with Crippen molar-refractivity contribution in [3.05, 3.63) is 30.1 Å². The number of hydrogen-bond donors (Lipinski definition) is 2. The molecular weight excluding hydrogens is 234 g/mol. The van der Waals surface area contributed by atoms with Crippen LogP contribution in [0.4, 0.5) is 0 Å². The second-order valence-electron chi connectivity index (χ2n) is 3.78. The molecule has 0 aliphatic rings. The molecule has 0 radical (unpaired) electrons. The number of aryl methyl sites for hydroxylation is 1. The van der Waals surface area contributed by atoms with Crippen LogP contribution in [0.5, 0.6) is 0 Å². The van der Waals surface area contributed by atoms with Crippen molar-refractivity contribution in [1.29, 1.82) is 0 Å². The third kappa shape index (κ3) is 5.22. The van der Waals surface area contributed by atoms with Crippen LogP contribution in [0, 0.1) is 0 Å². The molecule has 1 aromatic heterocycles. The summed E-state index contributed by atoms with van der Waals surface area (Å²) in [5.41, 5.74) is 3.25. The van der Waals surface area contributed by atoms with Crippen LogP contribution in [0.15, 0.2) is 24.5 Å². The first kappa shape index (κ1) is 14.6. The van der Waals surface area contributed by atoms with Crippen LogP contribution in [0.1, 0.15) is 12.0 Å². The number of carbonyl (C=O) groups is 1. The predicted molar refractivity (Wildman–Crippen MR) is 66.5 cm³/mol. The second-order valence-corrected chi connectivity index (χ2v) is 3.78. The summed E-state index contributed by atoms with van der Waals surface area (Å²) >= 11 is 0. The number of nitrogens with zero attached hydrogens (tertiary/aromatic N) is 1. The van der Waals surface area contributed by atoms with Gasteiger partial charge in [-0.1, -0.05) is 0 Å². The van der Waals surface area contributed by atoms with E-state index in [1.165, 1.54) is 12.7 Å². The quantitative estimate of drug-likeness (QED) is 0.295. The van der Waals surface area contributed by atoms with Crippen LogP contribution < -0.4 is 11.3 Å². The Kier molecular flexibility index (Phi) is 6.93. The van der Waals surface area contributed by atoms with Gasteiger partial charge in [0, 0.05) is 26.1 Å². The summed E-state index contributed by atoms with van der Waals surface area (Å²) in [5.74, 6) is 4.68. The topological polar surface area (TPSA) is 86.5 Å². The van der Waals surface area contributed by atoms with Crippen LogP contribution in [-0.2, 0) is 20.7 Å². The van der Waals surface area contributed by atoms with Crippen molar-refractivity contribution in [3.8, 4) is 0 Å². The molecule has 3 N–H and O–H groups in total. The summed E-state index contributed by atoms with van der Waals surface area (Å²) in [6.07, 6.45) is 4.56. The van der Waals surface area contributed by atoms with E-state index >= 15 is 0 Å². The lowest BCUT2D eigenvalue weighted by molar-refractivity contribution is -0.136. The Labute approximate surface area is 106 Å². The summed E-state index contributed by atoms with van der Waals surface area (Å²) in [4.78, 5) is 15.3. The van der Waals surface area contributed by atoms with Crippen LogP contribution in [0.25, 0.3) is 0 Å². The fraction of sp³-hybridized carbons (Fsp3) is 0.500. The molecule has 1 aromatic rings. The van der Waals surface area contributed by atoms with Crippen molar-refractivity contribution in [2.45, 2.75) is 18.9 Å².